The monoisotopic (exact) mass is 581 g/mol. The van der Waals surface area contributed by atoms with Gasteiger partial charge in [0.1, 0.15) is 16.3 Å². The van der Waals surface area contributed by atoms with E-state index < -0.39 is 26.7 Å². The number of hydrogen-bond acceptors (Lipinski definition) is 7. The van der Waals surface area contributed by atoms with Gasteiger partial charge in [-0.2, -0.15) is 13.5 Å². The topological polar surface area (TPSA) is 140 Å². The van der Waals surface area contributed by atoms with Crippen LogP contribution >= 0.6 is 23.2 Å². The molecule has 0 aliphatic heterocycles. The van der Waals surface area contributed by atoms with Gasteiger partial charge in [0.2, 0.25) is 0 Å². The summed E-state index contributed by atoms with van der Waals surface area (Å²) in [7, 11) is -3.30. The Balaban J connectivity index is 0.00000400. The van der Waals surface area contributed by atoms with Gasteiger partial charge in [-0.15, -0.1) is 5.11 Å². The van der Waals surface area contributed by atoms with Crippen LogP contribution in [-0.4, -0.2) is 26.0 Å². The van der Waals surface area contributed by atoms with Crippen molar-refractivity contribution in [2.24, 2.45) is 10.2 Å². The molecular weight excluding hydrogens is 564 g/mol. The van der Waals surface area contributed by atoms with E-state index in [4.69, 9.17) is 27.9 Å². The van der Waals surface area contributed by atoms with Crippen LogP contribution in [0.5, 0.6) is 11.5 Å². The van der Waals surface area contributed by atoms with Gasteiger partial charge in [0, 0.05) is 17.0 Å². The predicted octanol–water partition coefficient (Wildman–Crippen LogP) is 3.46. The average molecular weight is 582 g/mol. The number of amides is 1. The number of benzene rings is 4. The maximum absolute atomic E-state index is 13.4. The fraction of sp³-hybridized carbons (Fsp3) is 0.0800. The number of ether oxygens (including phenoxy) is 1. The van der Waals surface area contributed by atoms with Crippen molar-refractivity contribution in [2.75, 3.05) is 12.4 Å². The molecule has 0 spiro atoms. The minimum Gasteiger partial charge on any atom is -0.870 e. The molecule has 38 heavy (non-hydrogen) atoms. The van der Waals surface area contributed by atoms with Crippen molar-refractivity contribution in [3.63, 3.8) is 0 Å². The number of halogens is 2. The number of carbonyl (C=O) groups is 1. The van der Waals surface area contributed by atoms with Crippen LogP contribution in [0.15, 0.2) is 75.8 Å². The summed E-state index contributed by atoms with van der Waals surface area (Å²) in [6.45, 7) is 1.54. The van der Waals surface area contributed by atoms with Gasteiger partial charge >= 0.3 is 29.6 Å². The molecule has 0 heterocycles. The number of azo groups is 1. The van der Waals surface area contributed by atoms with E-state index in [0.717, 1.165) is 0 Å². The van der Waals surface area contributed by atoms with Gasteiger partial charge in [0.25, 0.3) is 16.0 Å². The molecule has 0 saturated carbocycles. The van der Waals surface area contributed by atoms with Crippen molar-refractivity contribution in [3.05, 3.63) is 81.8 Å². The normalized spacial score (nSPS) is 11.4. The van der Waals surface area contributed by atoms with Gasteiger partial charge in [-0.3, -0.25) is 9.35 Å². The largest absolute Gasteiger partial charge is 1.00 e. The molecule has 0 aromatic heterocycles. The molecule has 2 N–H and O–H groups in total. The first kappa shape index (κ1) is 29.9. The molecule has 0 unspecified atom stereocenters. The molecule has 4 rings (SSSR count). The van der Waals surface area contributed by atoms with E-state index >= 15 is 0 Å². The Morgan fingerprint density at radius 3 is 2.34 bits per heavy atom. The van der Waals surface area contributed by atoms with Gasteiger partial charge in [-0.05, 0) is 42.1 Å². The van der Waals surface area contributed by atoms with Crippen LogP contribution in [0, 0.1) is 6.92 Å². The Bertz CT molecular complexity index is 1700. The van der Waals surface area contributed by atoms with Crippen molar-refractivity contribution in [2.45, 2.75) is 11.8 Å². The van der Waals surface area contributed by atoms with Gasteiger partial charge in [-0.1, -0.05) is 59.3 Å². The fourth-order valence-electron chi connectivity index (χ4n) is 3.61. The Labute approximate surface area is 250 Å². The first-order valence-electron chi connectivity index (χ1n) is 10.6. The van der Waals surface area contributed by atoms with Gasteiger partial charge in [0.05, 0.1) is 28.5 Å². The number of fused-ring (bicyclic) bond motifs is 1. The molecular formula is C25H18Cl2N3NaO6S. The predicted molar refractivity (Wildman–Crippen MR) is 140 cm³/mol. The molecule has 1 amide bonds. The average Bonchev–Trinajstić information content (AvgIpc) is 2.85. The second-order valence-corrected chi connectivity index (χ2v) is 10.0. The summed E-state index contributed by atoms with van der Waals surface area (Å²) in [5, 5.41) is 24.9. The Morgan fingerprint density at radius 2 is 1.66 bits per heavy atom. The van der Waals surface area contributed by atoms with Gasteiger partial charge in [-0.25, -0.2) is 0 Å². The molecule has 0 bridgehead atoms. The zero-order valence-corrected chi connectivity index (χ0v) is 24.6. The van der Waals surface area contributed by atoms with E-state index in [1.165, 1.54) is 44.4 Å². The van der Waals surface area contributed by atoms with E-state index in [1.807, 2.05) is 0 Å². The van der Waals surface area contributed by atoms with Crippen LogP contribution in [-0.2, 0) is 10.1 Å². The summed E-state index contributed by atoms with van der Waals surface area (Å²) in [6.07, 6.45) is 0. The van der Waals surface area contributed by atoms with E-state index in [9.17, 15) is 22.9 Å². The van der Waals surface area contributed by atoms with Crippen LogP contribution in [0.1, 0.15) is 15.9 Å². The number of nitrogens with zero attached hydrogens (tertiary/aromatic N) is 2. The van der Waals surface area contributed by atoms with Crippen molar-refractivity contribution < 1.29 is 57.2 Å². The molecule has 4 aromatic carbocycles. The summed E-state index contributed by atoms with van der Waals surface area (Å²) >= 11 is 12.2. The van der Waals surface area contributed by atoms with Crippen molar-refractivity contribution >= 4 is 67.1 Å². The fourth-order valence-corrected chi connectivity index (χ4v) is 4.98. The zero-order valence-electron chi connectivity index (χ0n) is 20.3. The Morgan fingerprint density at radius 1 is 1.00 bits per heavy atom. The second-order valence-electron chi connectivity index (χ2n) is 7.84. The summed E-state index contributed by atoms with van der Waals surface area (Å²) in [5.74, 6) is -1.06. The van der Waals surface area contributed by atoms with Crippen molar-refractivity contribution in [3.8, 4) is 11.5 Å². The first-order chi connectivity index (χ1) is 17.5. The van der Waals surface area contributed by atoms with Gasteiger partial charge < -0.3 is 15.2 Å². The smallest absolute Gasteiger partial charge is 0.870 e. The molecule has 0 saturated heterocycles. The zero-order chi connectivity index (χ0) is 26.9. The summed E-state index contributed by atoms with van der Waals surface area (Å²) < 4.78 is 38.7. The van der Waals surface area contributed by atoms with Crippen LogP contribution in [0.25, 0.3) is 10.8 Å². The van der Waals surface area contributed by atoms with E-state index in [1.54, 1.807) is 30.3 Å². The molecule has 0 fully saturated rings. The van der Waals surface area contributed by atoms with Crippen LogP contribution in [0.3, 0.4) is 0 Å². The summed E-state index contributed by atoms with van der Waals surface area (Å²) in [6, 6.07) is 15.5. The van der Waals surface area contributed by atoms with E-state index in [-0.39, 0.29) is 62.2 Å². The number of aryl methyl sites for hydroxylation is 1. The van der Waals surface area contributed by atoms with Crippen LogP contribution in [0.4, 0.5) is 17.1 Å². The van der Waals surface area contributed by atoms with Crippen molar-refractivity contribution in [1.82, 2.24) is 0 Å². The molecule has 9 nitrogen and oxygen atoms in total. The summed E-state index contributed by atoms with van der Waals surface area (Å²) in [4.78, 5) is 12.5. The number of hydrogen-bond donors (Lipinski definition) is 2. The number of nitrogens with one attached hydrogen (secondary N) is 1. The first-order valence-corrected chi connectivity index (χ1v) is 12.8. The van der Waals surface area contributed by atoms with Crippen LogP contribution in [0.2, 0.25) is 10.0 Å². The molecule has 0 aliphatic carbocycles. The molecule has 190 valence electrons. The van der Waals surface area contributed by atoms with Gasteiger partial charge in [0.15, 0.2) is 0 Å². The van der Waals surface area contributed by atoms with Crippen molar-refractivity contribution in [1.29, 1.82) is 0 Å². The molecule has 0 radical (unpaired) electrons. The third kappa shape index (κ3) is 6.13. The van der Waals surface area contributed by atoms with E-state index in [0.29, 0.717) is 22.1 Å². The number of anilines is 1. The minimum absolute atomic E-state index is 0. The third-order valence-electron chi connectivity index (χ3n) is 5.43. The summed E-state index contributed by atoms with van der Waals surface area (Å²) in [5.41, 5.74) is -0.130. The van der Waals surface area contributed by atoms with E-state index in [2.05, 4.69) is 15.5 Å². The molecule has 13 heteroatoms. The standard InChI is InChI=1S/C25H19Cl2N3O6S.Na/c1-13-7-9-19(27)24(37(33,34)35)21(13)29-30-22-16-6-4-3-5-14(16)11-17(23(22)31)25(32)28-20-12-15(36-2)8-10-18(20)26;/h3-12,31H,1-2H3,(H,28,32)(H,33,34,35);/q;+1/p-1. The Kier molecular flexibility index (Phi) is 9.43. The maximum Gasteiger partial charge on any atom is 1.00 e. The van der Waals surface area contributed by atoms with Crippen LogP contribution < -0.4 is 44.7 Å². The quantitative estimate of drug-likeness (QED) is 0.203. The molecule has 0 aliphatic rings. The second kappa shape index (κ2) is 12.0. The number of carbonyl (C=O) groups excluding carboxylic acids is 1. The molecule has 4 aromatic rings. The third-order valence-corrected chi connectivity index (χ3v) is 7.12. The Hall–Kier alpha value is -2.70. The number of methoxy groups -OCH3 is 1. The SMILES string of the molecule is COc1ccc(Cl)c(NC(=O)c2cc3ccccc3c(N=Nc3c(C)ccc(Cl)c3S(=O)(=O)O)c2[O-])c1.[Na+]. The minimum atomic E-state index is -4.76. The maximum atomic E-state index is 13.4. The molecule has 0 atom stereocenters. The number of rotatable bonds is 6.